The van der Waals surface area contributed by atoms with E-state index in [9.17, 15) is 9.59 Å². The zero-order valence-electron chi connectivity index (χ0n) is 10.8. The topological polar surface area (TPSA) is 79.5 Å². The Morgan fingerprint density at radius 3 is 2.63 bits per heavy atom. The Labute approximate surface area is 110 Å². The first-order valence-electron chi connectivity index (χ1n) is 6.06. The summed E-state index contributed by atoms with van der Waals surface area (Å²) in [6.45, 7) is 3.48. The molecule has 0 saturated heterocycles. The van der Waals surface area contributed by atoms with Gasteiger partial charge in [0.2, 0.25) is 0 Å². The van der Waals surface area contributed by atoms with Crippen molar-refractivity contribution in [2.24, 2.45) is 0 Å². The summed E-state index contributed by atoms with van der Waals surface area (Å²) in [6.07, 6.45) is 0.320. The minimum Gasteiger partial charge on any atom is -0.480 e. The molecule has 5 heteroatoms. The van der Waals surface area contributed by atoms with Gasteiger partial charge < -0.3 is 14.8 Å². The van der Waals surface area contributed by atoms with E-state index in [4.69, 9.17) is 9.52 Å². The lowest BCUT2D eigenvalue weighted by molar-refractivity contribution is -0.139. The van der Waals surface area contributed by atoms with Gasteiger partial charge >= 0.3 is 5.97 Å². The number of hydrogen-bond acceptors (Lipinski definition) is 3. The molecule has 19 heavy (non-hydrogen) atoms. The number of carbonyl (C=O) groups excluding carboxylic acids is 1. The number of carbonyl (C=O) groups is 2. The van der Waals surface area contributed by atoms with Crippen molar-refractivity contribution in [3.8, 4) is 0 Å². The average Bonchev–Trinajstić information content (AvgIpc) is 2.73. The number of aliphatic carboxylic acids is 1. The second-order valence-corrected chi connectivity index (χ2v) is 4.32. The number of rotatable bonds is 4. The Hall–Kier alpha value is -2.30. The molecule has 2 N–H and O–H groups in total. The molecule has 1 aromatic heterocycles. The molecule has 0 spiro atoms. The van der Waals surface area contributed by atoms with Crippen LogP contribution < -0.4 is 5.32 Å². The van der Waals surface area contributed by atoms with Crippen LogP contribution in [0.3, 0.4) is 0 Å². The maximum Gasteiger partial charge on any atom is 0.326 e. The Morgan fingerprint density at radius 1 is 1.37 bits per heavy atom. The number of hydrogen-bond donors (Lipinski definition) is 2. The van der Waals surface area contributed by atoms with Gasteiger partial charge in [-0.05, 0) is 19.4 Å². The molecule has 5 nitrogen and oxygen atoms in total. The predicted molar refractivity (Wildman–Crippen MR) is 70.1 cm³/mol. The lowest BCUT2D eigenvalue weighted by atomic mass is 10.1. The summed E-state index contributed by atoms with van der Waals surface area (Å²) in [4.78, 5) is 22.9. The summed E-state index contributed by atoms with van der Waals surface area (Å²) in [6, 6.07) is 6.41. The Balaban J connectivity index is 2.31. The van der Waals surface area contributed by atoms with Gasteiger partial charge in [-0.15, -0.1) is 0 Å². The molecule has 0 bridgehead atoms. The quantitative estimate of drug-likeness (QED) is 0.885. The van der Waals surface area contributed by atoms with Gasteiger partial charge in [-0.3, -0.25) is 4.79 Å². The number of aryl methyl sites for hydroxylation is 1. The van der Waals surface area contributed by atoms with Crippen molar-refractivity contribution < 1.29 is 19.1 Å². The highest BCUT2D eigenvalue weighted by Crippen LogP contribution is 2.24. The van der Waals surface area contributed by atoms with Crippen LogP contribution in [-0.2, 0) is 4.79 Å². The van der Waals surface area contributed by atoms with Crippen molar-refractivity contribution in [3.05, 3.63) is 35.6 Å². The van der Waals surface area contributed by atoms with Crippen LogP contribution in [0.1, 0.15) is 29.5 Å². The van der Waals surface area contributed by atoms with E-state index in [0.717, 1.165) is 5.39 Å². The molecule has 1 aromatic carbocycles. The number of furan rings is 1. The third-order valence-corrected chi connectivity index (χ3v) is 3.06. The van der Waals surface area contributed by atoms with Gasteiger partial charge in [0.05, 0.1) is 0 Å². The summed E-state index contributed by atoms with van der Waals surface area (Å²) in [7, 11) is 0. The molecule has 0 radical (unpaired) electrons. The number of para-hydroxylation sites is 1. The Morgan fingerprint density at radius 2 is 2.05 bits per heavy atom. The molecule has 0 unspecified atom stereocenters. The Kier molecular flexibility index (Phi) is 3.55. The molecular weight excluding hydrogens is 246 g/mol. The largest absolute Gasteiger partial charge is 0.480 e. The van der Waals surface area contributed by atoms with Gasteiger partial charge in [0.25, 0.3) is 5.91 Å². The first-order chi connectivity index (χ1) is 9.04. The van der Waals surface area contributed by atoms with Gasteiger partial charge in [-0.25, -0.2) is 4.79 Å². The maximum atomic E-state index is 12.0. The molecule has 0 aliphatic rings. The minimum atomic E-state index is -1.05. The molecule has 0 aliphatic carbocycles. The summed E-state index contributed by atoms with van der Waals surface area (Å²) in [5, 5.41) is 12.2. The highest BCUT2D eigenvalue weighted by Gasteiger charge is 2.23. The first kappa shape index (κ1) is 13.1. The third-order valence-electron chi connectivity index (χ3n) is 3.06. The summed E-state index contributed by atoms with van der Waals surface area (Å²) in [5.74, 6) is -1.38. The first-order valence-corrected chi connectivity index (χ1v) is 6.06. The lowest BCUT2D eigenvalue weighted by Gasteiger charge is -2.10. The molecule has 2 aromatic rings. The van der Waals surface area contributed by atoms with E-state index in [1.54, 1.807) is 19.9 Å². The SMILES string of the molecule is CC[C@H](NC(=O)c1oc2ccccc2c1C)C(=O)O. The molecule has 1 amide bonds. The van der Waals surface area contributed by atoms with E-state index in [-0.39, 0.29) is 5.76 Å². The monoisotopic (exact) mass is 261 g/mol. The Bertz CT molecular complexity index is 629. The van der Waals surface area contributed by atoms with E-state index in [1.165, 1.54) is 0 Å². The van der Waals surface area contributed by atoms with E-state index >= 15 is 0 Å². The predicted octanol–water partition coefficient (Wildman–Crippen LogP) is 2.33. The molecule has 1 heterocycles. The van der Waals surface area contributed by atoms with E-state index < -0.39 is 17.9 Å². The molecule has 0 fully saturated rings. The van der Waals surface area contributed by atoms with Crippen molar-refractivity contribution >= 4 is 22.8 Å². The fourth-order valence-corrected chi connectivity index (χ4v) is 1.95. The van der Waals surface area contributed by atoms with Gasteiger partial charge in [0.1, 0.15) is 11.6 Å². The molecule has 1 atom stereocenters. The molecule has 100 valence electrons. The highest BCUT2D eigenvalue weighted by molar-refractivity contribution is 6.00. The molecule has 0 aliphatic heterocycles. The smallest absolute Gasteiger partial charge is 0.326 e. The third kappa shape index (κ3) is 2.45. The average molecular weight is 261 g/mol. The minimum absolute atomic E-state index is 0.168. The van der Waals surface area contributed by atoms with Crippen LogP contribution in [0.25, 0.3) is 11.0 Å². The lowest BCUT2D eigenvalue weighted by Crippen LogP contribution is -2.40. The molecular formula is C14H15NO4. The van der Waals surface area contributed by atoms with Crippen LogP contribution in [0.15, 0.2) is 28.7 Å². The fraction of sp³-hybridized carbons (Fsp3) is 0.286. The summed E-state index contributed by atoms with van der Waals surface area (Å²) in [5.41, 5.74) is 1.34. The van der Waals surface area contributed by atoms with Gasteiger partial charge in [-0.2, -0.15) is 0 Å². The van der Waals surface area contributed by atoms with Gasteiger partial charge in [0, 0.05) is 10.9 Å². The highest BCUT2D eigenvalue weighted by atomic mass is 16.4. The van der Waals surface area contributed by atoms with Crippen molar-refractivity contribution in [1.29, 1.82) is 0 Å². The van der Waals surface area contributed by atoms with Crippen LogP contribution in [0.2, 0.25) is 0 Å². The van der Waals surface area contributed by atoms with E-state index in [1.807, 2.05) is 18.2 Å². The number of fused-ring (bicyclic) bond motifs is 1. The van der Waals surface area contributed by atoms with Crippen LogP contribution in [0.5, 0.6) is 0 Å². The van der Waals surface area contributed by atoms with Gasteiger partial charge in [0.15, 0.2) is 5.76 Å². The number of carboxylic acid groups (broad SMARTS) is 1. The van der Waals surface area contributed by atoms with Crippen LogP contribution >= 0.6 is 0 Å². The van der Waals surface area contributed by atoms with Crippen LogP contribution in [-0.4, -0.2) is 23.0 Å². The second kappa shape index (κ2) is 5.14. The second-order valence-electron chi connectivity index (χ2n) is 4.32. The van der Waals surface area contributed by atoms with Crippen molar-refractivity contribution in [3.63, 3.8) is 0 Å². The maximum absolute atomic E-state index is 12.0. The van der Waals surface area contributed by atoms with Crippen molar-refractivity contribution in [1.82, 2.24) is 5.32 Å². The van der Waals surface area contributed by atoms with E-state index in [2.05, 4.69) is 5.32 Å². The molecule has 2 rings (SSSR count). The summed E-state index contributed by atoms with van der Waals surface area (Å²) < 4.78 is 5.48. The number of carboxylic acids is 1. The van der Waals surface area contributed by atoms with Crippen molar-refractivity contribution in [2.75, 3.05) is 0 Å². The number of benzene rings is 1. The fourth-order valence-electron chi connectivity index (χ4n) is 1.95. The van der Waals surface area contributed by atoms with Crippen LogP contribution in [0, 0.1) is 6.92 Å². The van der Waals surface area contributed by atoms with E-state index in [0.29, 0.717) is 17.6 Å². The zero-order valence-corrected chi connectivity index (χ0v) is 10.8. The molecule has 0 saturated carbocycles. The summed E-state index contributed by atoms with van der Waals surface area (Å²) >= 11 is 0. The normalized spacial score (nSPS) is 12.3. The number of amides is 1. The van der Waals surface area contributed by atoms with Crippen molar-refractivity contribution in [2.45, 2.75) is 26.3 Å². The van der Waals surface area contributed by atoms with Gasteiger partial charge in [-0.1, -0.05) is 25.1 Å². The number of nitrogens with one attached hydrogen (secondary N) is 1. The standard InChI is InChI=1S/C14H15NO4/c1-3-10(14(17)18)15-13(16)12-8(2)9-6-4-5-7-11(9)19-12/h4-7,10H,3H2,1-2H3,(H,15,16)(H,17,18)/t10-/m0/s1. The van der Waals surface area contributed by atoms with Crippen LogP contribution in [0.4, 0.5) is 0 Å². The zero-order chi connectivity index (χ0) is 14.0.